The van der Waals surface area contributed by atoms with E-state index < -0.39 is 172 Å². The SMILES string of the molecule is [2H]c1c([2H])c([2H])c(-c2nc(-c3c([2H])c([2H])c([2H])c([2H])c3[2H])nc(-c3c([2H])c([2H])c([2H])c(-c4c([2H])c([2H])c([2H])c5oc6c([2H])c(N(c7ccccc7)c7ccc(-c8ccccc8)cc7)c([2H])c([2H])c6c45)c3[2H])n2)c([2H])c1[2H]. The van der Waals surface area contributed by atoms with Crippen molar-refractivity contribution in [3.8, 4) is 56.4 Å². The zero-order valence-electron chi connectivity index (χ0n) is 48.8. The highest BCUT2D eigenvalue weighted by Gasteiger charge is 2.19. The molecule has 0 spiro atoms. The van der Waals surface area contributed by atoms with Gasteiger partial charge in [-0.15, -0.1) is 0 Å². The summed E-state index contributed by atoms with van der Waals surface area (Å²) in [5, 5.41) is -0.689. The van der Waals surface area contributed by atoms with Crippen LogP contribution in [-0.2, 0) is 0 Å². The number of benzene rings is 8. The quantitative estimate of drug-likeness (QED) is 0.155. The molecule has 0 aliphatic rings. The molecular weight excluding hydrogens is 685 g/mol. The van der Waals surface area contributed by atoms with Crippen molar-refractivity contribution in [2.24, 2.45) is 0 Å². The average molecular weight is 739 g/mol. The minimum absolute atomic E-state index is 0.128. The second-order valence-corrected chi connectivity index (χ2v) is 12.1. The van der Waals surface area contributed by atoms with Crippen molar-refractivity contribution in [3.63, 3.8) is 0 Å². The van der Waals surface area contributed by atoms with Crippen molar-refractivity contribution in [3.05, 3.63) is 206 Å². The highest BCUT2D eigenvalue weighted by Crippen LogP contribution is 2.42. The number of anilines is 3. The van der Waals surface area contributed by atoms with Crippen molar-refractivity contribution in [2.45, 2.75) is 0 Å². The summed E-state index contributed by atoms with van der Waals surface area (Å²) in [6.07, 6.45) is 0. The fourth-order valence-corrected chi connectivity index (χ4v) is 6.17. The zero-order valence-corrected chi connectivity index (χ0v) is 28.8. The van der Waals surface area contributed by atoms with E-state index in [-0.39, 0.29) is 22.0 Å². The molecule has 0 atom stereocenters. The van der Waals surface area contributed by atoms with Crippen LogP contribution in [0.2, 0.25) is 0 Å². The minimum Gasteiger partial charge on any atom is -0.456 e. The van der Waals surface area contributed by atoms with Gasteiger partial charge in [0, 0.05) is 50.6 Å². The van der Waals surface area contributed by atoms with Crippen LogP contribution in [0.25, 0.3) is 78.4 Å². The predicted octanol–water partition coefficient (Wildman–Crippen LogP) is 13.6. The fourth-order valence-electron chi connectivity index (χ4n) is 6.17. The average Bonchev–Trinajstić information content (AvgIpc) is 3.83. The molecule has 0 bridgehead atoms. The zero-order chi connectivity index (χ0) is 54.7. The third-order valence-electron chi connectivity index (χ3n) is 8.71. The van der Waals surface area contributed by atoms with Crippen molar-refractivity contribution in [1.29, 1.82) is 0 Å². The van der Waals surface area contributed by atoms with Gasteiger partial charge in [0.2, 0.25) is 0 Å². The summed E-state index contributed by atoms with van der Waals surface area (Å²) in [5.41, 5.74) is -1.52. The highest BCUT2D eigenvalue weighted by atomic mass is 16.3. The van der Waals surface area contributed by atoms with Gasteiger partial charge in [-0.25, -0.2) is 15.0 Å². The first-order valence-electron chi connectivity index (χ1n) is 27.1. The number of furan rings is 1. The molecule has 0 aliphatic carbocycles. The maximum absolute atomic E-state index is 9.77. The number of nitrogens with zero attached hydrogens (tertiary/aromatic N) is 4. The molecule has 10 aromatic rings. The van der Waals surface area contributed by atoms with Gasteiger partial charge in [-0.3, -0.25) is 0 Å². The van der Waals surface area contributed by atoms with Crippen molar-refractivity contribution >= 4 is 39.0 Å². The second-order valence-electron chi connectivity index (χ2n) is 12.1. The summed E-state index contributed by atoms with van der Waals surface area (Å²) in [6, 6.07) is 9.73. The third-order valence-corrected chi connectivity index (χ3v) is 8.71. The van der Waals surface area contributed by atoms with Crippen LogP contribution in [0.5, 0.6) is 0 Å². The summed E-state index contributed by atoms with van der Waals surface area (Å²) >= 11 is 0. The van der Waals surface area contributed by atoms with Gasteiger partial charge in [-0.1, -0.05) is 151 Å². The summed E-state index contributed by atoms with van der Waals surface area (Å²) in [5.74, 6) is -2.30. The largest absolute Gasteiger partial charge is 0.456 e. The van der Waals surface area contributed by atoms with Gasteiger partial charge in [-0.05, 0) is 70.7 Å². The lowest BCUT2D eigenvalue weighted by molar-refractivity contribution is 0.669. The van der Waals surface area contributed by atoms with Gasteiger partial charge >= 0.3 is 0 Å². The standard InChI is InChI=1S/C51H34N4O/c1-5-15-35(16-6-1)36-27-29-42(30-28-36)55(41-23-11-4-12-24-41)43-31-32-45-47(34-43)56-46-26-14-25-44(48(45)46)39-21-13-22-40(33-39)51-53-49(37-17-7-2-8-18-37)52-50(54-51)38-19-9-3-10-20-38/h1-34H/i2D,3D,7D,8D,9D,10D,13D,14D,17D,18D,19D,20D,21D,22D,25D,26D,31D,32D,33D,34D. The number of hydrogen-bond donors (Lipinski definition) is 0. The Bertz CT molecular complexity index is 3970. The summed E-state index contributed by atoms with van der Waals surface area (Å²) in [4.78, 5) is 14.5. The molecule has 5 heteroatoms. The van der Waals surface area contributed by atoms with E-state index in [2.05, 4.69) is 15.0 Å². The lowest BCUT2D eigenvalue weighted by atomic mass is 9.97. The Morgan fingerprint density at radius 3 is 1.62 bits per heavy atom. The summed E-state index contributed by atoms with van der Waals surface area (Å²) < 4.78 is 184. The molecule has 0 saturated heterocycles. The molecule has 0 N–H and O–H groups in total. The van der Waals surface area contributed by atoms with E-state index >= 15 is 0 Å². The first-order chi connectivity index (χ1) is 36.1. The normalized spacial score (nSPS) is 16.2. The van der Waals surface area contributed by atoms with Gasteiger partial charge in [0.1, 0.15) is 11.2 Å². The maximum atomic E-state index is 9.77. The molecule has 0 unspecified atom stereocenters. The Balaban J connectivity index is 1.27. The van der Waals surface area contributed by atoms with Gasteiger partial charge in [0.05, 0.1) is 27.4 Å². The first-order valence-corrected chi connectivity index (χ1v) is 17.1. The number of fused-ring (bicyclic) bond motifs is 3. The third kappa shape index (κ3) is 6.27. The first kappa shape index (κ1) is 18.1. The van der Waals surface area contributed by atoms with Gasteiger partial charge in [0.15, 0.2) is 17.5 Å². The monoisotopic (exact) mass is 738 g/mol. The number of para-hydroxylation sites is 1. The van der Waals surface area contributed by atoms with E-state index in [0.717, 1.165) is 11.1 Å². The van der Waals surface area contributed by atoms with Crippen LogP contribution in [0.3, 0.4) is 0 Å². The minimum atomic E-state index is -0.940. The van der Waals surface area contributed by atoms with Gasteiger partial charge in [0.25, 0.3) is 0 Å². The molecule has 5 nitrogen and oxygen atoms in total. The Kier molecular flexibility index (Phi) is 4.63. The van der Waals surface area contributed by atoms with Gasteiger partial charge < -0.3 is 9.32 Å². The molecule has 2 heterocycles. The molecule has 0 radical (unpaired) electrons. The second kappa shape index (κ2) is 14.3. The van der Waals surface area contributed by atoms with Crippen LogP contribution in [0.4, 0.5) is 17.1 Å². The number of aromatic nitrogens is 3. The van der Waals surface area contributed by atoms with Crippen molar-refractivity contribution < 1.29 is 31.8 Å². The summed E-state index contributed by atoms with van der Waals surface area (Å²) in [6.45, 7) is 0. The lowest BCUT2D eigenvalue weighted by Crippen LogP contribution is -2.09. The lowest BCUT2D eigenvalue weighted by Gasteiger charge is -2.25. The van der Waals surface area contributed by atoms with E-state index in [0.29, 0.717) is 11.4 Å². The predicted molar refractivity (Wildman–Crippen MR) is 229 cm³/mol. The van der Waals surface area contributed by atoms with Crippen LogP contribution in [0, 0.1) is 0 Å². The molecule has 0 aliphatic heterocycles. The molecule has 0 saturated carbocycles. The smallest absolute Gasteiger partial charge is 0.164 e. The molecular formula is C51H34N4O. The van der Waals surface area contributed by atoms with Crippen LogP contribution in [0.15, 0.2) is 210 Å². The highest BCUT2D eigenvalue weighted by molar-refractivity contribution is 6.13. The molecule has 0 amide bonds. The van der Waals surface area contributed by atoms with Crippen molar-refractivity contribution in [1.82, 2.24) is 15.0 Å². The fraction of sp³-hybridized carbons (Fsp3) is 0. The molecule has 56 heavy (non-hydrogen) atoms. The Labute approximate surface area is 353 Å². The summed E-state index contributed by atoms with van der Waals surface area (Å²) in [7, 11) is 0. The van der Waals surface area contributed by atoms with Crippen LogP contribution < -0.4 is 4.90 Å². The molecule has 8 aromatic carbocycles. The van der Waals surface area contributed by atoms with E-state index in [1.54, 1.807) is 47.4 Å². The molecule has 10 rings (SSSR count). The van der Waals surface area contributed by atoms with Gasteiger partial charge in [-0.2, -0.15) is 0 Å². The van der Waals surface area contributed by atoms with E-state index in [1.165, 1.54) is 0 Å². The van der Waals surface area contributed by atoms with Crippen LogP contribution in [-0.4, -0.2) is 15.0 Å². The van der Waals surface area contributed by atoms with Crippen molar-refractivity contribution in [2.75, 3.05) is 4.90 Å². The molecule has 2 aromatic heterocycles. The number of rotatable bonds is 8. The van der Waals surface area contributed by atoms with E-state index in [4.69, 9.17) is 23.6 Å². The van der Waals surface area contributed by atoms with Crippen LogP contribution >= 0.6 is 0 Å². The van der Waals surface area contributed by atoms with Crippen LogP contribution in [0.1, 0.15) is 27.4 Å². The topological polar surface area (TPSA) is 55.1 Å². The van der Waals surface area contributed by atoms with E-state index in [9.17, 15) is 8.22 Å². The van der Waals surface area contributed by atoms with E-state index in [1.807, 2.05) is 42.5 Å². The Morgan fingerprint density at radius 1 is 0.393 bits per heavy atom. The molecule has 264 valence electrons. The Morgan fingerprint density at radius 2 is 0.946 bits per heavy atom. The number of hydrogen-bond acceptors (Lipinski definition) is 5. The molecule has 0 fully saturated rings. The maximum Gasteiger partial charge on any atom is 0.164 e. The Hall–Kier alpha value is -7.63.